The Bertz CT molecular complexity index is 283. The van der Waals surface area contributed by atoms with Gasteiger partial charge in [-0.3, -0.25) is 0 Å². The maximum absolute atomic E-state index is 6.01. The van der Waals surface area contributed by atoms with Crippen LogP contribution in [0.5, 0.6) is 0 Å². The van der Waals surface area contributed by atoms with Gasteiger partial charge in [0.25, 0.3) is 0 Å². The smallest absolute Gasteiger partial charge is 0.0408 e. The summed E-state index contributed by atoms with van der Waals surface area (Å²) in [7, 11) is 0. The van der Waals surface area contributed by atoms with E-state index in [9.17, 15) is 0 Å². The zero-order chi connectivity index (χ0) is 9.84. The molecule has 2 N–H and O–H groups in total. The lowest BCUT2D eigenvalue weighted by Crippen LogP contribution is -2.11. The standard InChI is InChI=1S/C11H16ClN/c1-3-4-11(13)10-6-5-9(12)7-8(10)2/h5-7,11H,3-4,13H2,1-2H3. The van der Waals surface area contributed by atoms with Crippen molar-refractivity contribution in [1.82, 2.24) is 0 Å². The number of halogens is 1. The third-order valence-corrected chi connectivity index (χ3v) is 2.47. The molecule has 0 saturated carbocycles. The average Bonchev–Trinajstić information content (AvgIpc) is 2.04. The molecule has 0 spiro atoms. The van der Waals surface area contributed by atoms with Crippen LogP contribution in [0.1, 0.15) is 36.9 Å². The van der Waals surface area contributed by atoms with Gasteiger partial charge in [-0.05, 0) is 36.6 Å². The topological polar surface area (TPSA) is 26.0 Å². The summed E-state index contributed by atoms with van der Waals surface area (Å²) < 4.78 is 0. The molecule has 2 heteroatoms. The van der Waals surface area contributed by atoms with E-state index in [1.165, 1.54) is 11.1 Å². The van der Waals surface area contributed by atoms with Crippen molar-refractivity contribution in [3.63, 3.8) is 0 Å². The van der Waals surface area contributed by atoms with Crippen LogP contribution in [0, 0.1) is 6.92 Å². The maximum Gasteiger partial charge on any atom is 0.0408 e. The van der Waals surface area contributed by atoms with Crippen molar-refractivity contribution in [2.75, 3.05) is 0 Å². The Kier molecular flexibility index (Phi) is 3.76. The molecule has 0 fully saturated rings. The van der Waals surface area contributed by atoms with E-state index in [4.69, 9.17) is 17.3 Å². The van der Waals surface area contributed by atoms with Gasteiger partial charge in [0.15, 0.2) is 0 Å². The molecule has 0 aliphatic rings. The summed E-state index contributed by atoms with van der Waals surface area (Å²) >= 11 is 5.86. The number of rotatable bonds is 3. The van der Waals surface area contributed by atoms with Gasteiger partial charge in [0.1, 0.15) is 0 Å². The highest BCUT2D eigenvalue weighted by atomic mass is 35.5. The lowest BCUT2D eigenvalue weighted by atomic mass is 9.99. The van der Waals surface area contributed by atoms with Crippen LogP contribution in [0.4, 0.5) is 0 Å². The minimum Gasteiger partial charge on any atom is -0.324 e. The Balaban J connectivity index is 2.88. The first-order valence-electron chi connectivity index (χ1n) is 4.66. The van der Waals surface area contributed by atoms with Crippen molar-refractivity contribution >= 4 is 11.6 Å². The number of hydrogen-bond donors (Lipinski definition) is 1. The van der Waals surface area contributed by atoms with E-state index in [0.29, 0.717) is 0 Å². The van der Waals surface area contributed by atoms with Gasteiger partial charge < -0.3 is 5.73 Å². The molecule has 0 aliphatic heterocycles. The van der Waals surface area contributed by atoms with Crippen molar-refractivity contribution in [3.05, 3.63) is 34.3 Å². The number of nitrogens with two attached hydrogens (primary N) is 1. The van der Waals surface area contributed by atoms with Gasteiger partial charge in [-0.1, -0.05) is 31.0 Å². The van der Waals surface area contributed by atoms with Crippen molar-refractivity contribution in [1.29, 1.82) is 0 Å². The zero-order valence-corrected chi connectivity index (χ0v) is 8.93. The van der Waals surface area contributed by atoms with E-state index < -0.39 is 0 Å². The second-order valence-corrected chi connectivity index (χ2v) is 3.83. The summed E-state index contributed by atoms with van der Waals surface area (Å²) in [6, 6.07) is 6.05. The molecule has 0 amide bonds. The fourth-order valence-corrected chi connectivity index (χ4v) is 1.75. The van der Waals surface area contributed by atoms with E-state index in [2.05, 4.69) is 13.8 Å². The Morgan fingerprint density at radius 1 is 1.46 bits per heavy atom. The van der Waals surface area contributed by atoms with Gasteiger partial charge in [0.2, 0.25) is 0 Å². The highest BCUT2D eigenvalue weighted by molar-refractivity contribution is 6.30. The van der Waals surface area contributed by atoms with Crippen LogP contribution in [-0.2, 0) is 0 Å². The van der Waals surface area contributed by atoms with E-state index >= 15 is 0 Å². The lowest BCUT2D eigenvalue weighted by Gasteiger charge is -2.13. The summed E-state index contributed by atoms with van der Waals surface area (Å²) in [4.78, 5) is 0. The van der Waals surface area contributed by atoms with Gasteiger partial charge >= 0.3 is 0 Å². The molecule has 0 bridgehead atoms. The molecule has 72 valence electrons. The van der Waals surface area contributed by atoms with Gasteiger partial charge in [0, 0.05) is 11.1 Å². The highest BCUT2D eigenvalue weighted by Crippen LogP contribution is 2.22. The SMILES string of the molecule is CCCC(N)c1ccc(Cl)cc1C. The minimum absolute atomic E-state index is 0.155. The second-order valence-electron chi connectivity index (χ2n) is 3.40. The molecular formula is C11H16ClN. The quantitative estimate of drug-likeness (QED) is 0.790. The monoisotopic (exact) mass is 197 g/mol. The van der Waals surface area contributed by atoms with Gasteiger partial charge in [-0.2, -0.15) is 0 Å². The van der Waals surface area contributed by atoms with Crippen molar-refractivity contribution < 1.29 is 0 Å². The zero-order valence-electron chi connectivity index (χ0n) is 8.18. The van der Waals surface area contributed by atoms with Crippen LogP contribution >= 0.6 is 11.6 Å². The maximum atomic E-state index is 6.01. The minimum atomic E-state index is 0.155. The molecule has 1 atom stereocenters. The first-order chi connectivity index (χ1) is 6.15. The second kappa shape index (κ2) is 4.64. The summed E-state index contributed by atoms with van der Waals surface area (Å²) in [6.07, 6.45) is 2.14. The molecule has 0 aromatic heterocycles. The Morgan fingerprint density at radius 3 is 2.69 bits per heavy atom. The number of aryl methyl sites for hydroxylation is 1. The Labute approximate surface area is 84.9 Å². The average molecular weight is 198 g/mol. The van der Waals surface area contributed by atoms with Crippen LogP contribution in [0.3, 0.4) is 0 Å². The fraction of sp³-hybridized carbons (Fsp3) is 0.455. The van der Waals surface area contributed by atoms with Crippen molar-refractivity contribution in [2.45, 2.75) is 32.7 Å². The summed E-state index contributed by atoms with van der Waals surface area (Å²) in [5, 5.41) is 0.782. The van der Waals surface area contributed by atoms with Gasteiger partial charge in [-0.15, -0.1) is 0 Å². The third-order valence-electron chi connectivity index (χ3n) is 2.23. The van der Waals surface area contributed by atoms with Crippen molar-refractivity contribution in [2.24, 2.45) is 5.73 Å². The first kappa shape index (κ1) is 10.6. The van der Waals surface area contributed by atoms with E-state index in [1.807, 2.05) is 18.2 Å². The number of hydrogen-bond acceptors (Lipinski definition) is 1. The molecule has 1 unspecified atom stereocenters. The van der Waals surface area contributed by atoms with Gasteiger partial charge in [-0.25, -0.2) is 0 Å². The molecule has 0 heterocycles. The van der Waals surface area contributed by atoms with Gasteiger partial charge in [0.05, 0.1) is 0 Å². The Hall–Kier alpha value is -0.530. The molecule has 13 heavy (non-hydrogen) atoms. The summed E-state index contributed by atoms with van der Waals surface area (Å²) in [6.45, 7) is 4.20. The molecule has 1 aromatic carbocycles. The highest BCUT2D eigenvalue weighted by Gasteiger charge is 2.07. The van der Waals surface area contributed by atoms with Crippen LogP contribution in [0.25, 0.3) is 0 Å². The van der Waals surface area contributed by atoms with E-state index in [0.717, 1.165) is 17.9 Å². The largest absolute Gasteiger partial charge is 0.324 e. The molecule has 1 aromatic rings. The number of benzene rings is 1. The molecule has 1 nitrogen and oxygen atoms in total. The molecule has 0 aliphatic carbocycles. The molecule has 0 radical (unpaired) electrons. The predicted octanol–water partition coefficient (Wildman–Crippen LogP) is 3.45. The van der Waals surface area contributed by atoms with Crippen LogP contribution in [0.15, 0.2) is 18.2 Å². The molecule has 0 saturated heterocycles. The normalized spacial score (nSPS) is 12.9. The lowest BCUT2D eigenvalue weighted by molar-refractivity contribution is 0.635. The van der Waals surface area contributed by atoms with E-state index in [1.54, 1.807) is 0 Å². The predicted molar refractivity (Wildman–Crippen MR) is 58.0 cm³/mol. The summed E-state index contributed by atoms with van der Waals surface area (Å²) in [5.74, 6) is 0. The van der Waals surface area contributed by atoms with Crippen LogP contribution in [-0.4, -0.2) is 0 Å². The first-order valence-corrected chi connectivity index (χ1v) is 5.04. The van der Waals surface area contributed by atoms with Crippen molar-refractivity contribution in [3.8, 4) is 0 Å². The summed E-state index contributed by atoms with van der Waals surface area (Å²) in [5.41, 5.74) is 8.42. The third kappa shape index (κ3) is 2.71. The molecule has 1 rings (SSSR count). The molecular weight excluding hydrogens is 182 g/mol. The van der Waals surface area contributed by atoms with Crippen LogP contribution < -0.4 is 5.73 Å². The fourth-order valence-electron chi connectivity index (χ4n) is 1.52. The van der Waals surface area contributed by atoms with Crippen LogP contribution in [0.2, 0.25) is 5.02 Å². The van der Waals surface area contributed by atoms with E-state index in [-0.39, 0.29) is 6.04 Å². The Morgan fingerprint density at radius 2 is 2.15 bits per heavy atom.